The molecular formula is C30H31BrClFN2O3. The van der Waals surface area contributed by atoms with Gasteiger partial charge in [0.1, 0.15) is 17.6 Å². The van der Waals surface area contributed by atoms with Gasteiger partial charge in [-0.2, -0.15) is 0 Å². The van der Waals surface area contributed by atoms with Gasteiger partial charge in [-0.1, -0.05) is 79.4 Å². The molecule has 0 bridgehead atoms. The first-order chi connectivity index (χ1) is 18.4. The number of ether oxygens (including phenoxy) is 1. The van der Waals surface area contributed by atoms with Crippen molar-refractivity contribution in [3.8, 4) is 5.75 Å². The van der Waals surface area contributed by atoms with Crippen LogP contribution in [0.1, 0.15) is 43.2 Å². The summed E-state index contributed by atoms with van der Waals surface area (Å²) in [6, 6.07) is 20.1. The number of benzene rings is 3. The van der Waals surface area contributed by atoms with Gasteiger partial charge in [-0.3, -0.25) is 9.59 Å². The lowest BCUT2D eigenvalue weighted by Gasteiger charge is -2.33. The molecule has 1 aliphatic rings. The van der Waals surface area contributed by atoms with E-state index < -0.39 is 17.8 Å². The second-order valence-corrected chi connectivity index (χ2v) is 10.8. The SMILES string of the molecule is O=C(NC1CCCCC1)[C@@H](Cc1ccccc1)N(Cc1ccccc1F)C(=O)COc1ccc(Cl)cc1Br. The highest BCUT2D eigenvalue weighted by Gasteiger charge is 2.32. The quantitative estimate of drug-likeness (QED) is 0.281. The maximum absolute atomic E-state index is 14.7. The molecule has 0 saturated heterocycles. The number of carbonyl (C=O) groups is 2. The topological polar surface area (TPSA) is 58.6 Å². The number of rotatable bonds is 10. The van der Waals surface area contributed by atoms with E-state index in [2.05, 4.69) is 21.2 Å². The van der Waals surface area contributed by atoms with Gasteiger partial charge in [-0.05, 0) is 58.6 Å². The Morgan fingerprint density at radius 2 is 1.74 bits per heavy atom. The smallest absolute Gasteiger partial charge is 0.261 e. The van der Waals surface area contributed by atoms with Crippen molar-refractivity contribution in [2.75, 3.05) is 6.61 Å². The molecule has 0 aromatic heterocycles. The second-order valence-electron chi connectivity index (χ2n) is 9.53. The summed E-state index contributed by atoms with van der Waals surface area (Å²) in [5.41, 5.74) is 1.24. The molecule has 2 amide bonds. The normalized spacial score (nSPS) is 14.5. The first-order valence-electron chi connectivity index (χ1n) is 12.9. The summed E-state index contributed by atoms with van der Waals surface area (Å²) in [4.78, 5) is 28.9. The molecule has 3 aromatic rings. The summed E-state index contributed by atoms with van der Waals surface area (Å²) in [6.07, 6.45) is 5.42. The van der Waals surface area contributed by atoms with Crippen molar-refractivity contribution in [1.82, 2.24) is 10.2 Å². The average Bonchev–Trinajstić information content (AvgIpc) is 2.92. The van der Waals surface area contributed by atoms with E-state index in [1.807, 2.05) is 30.3 Å². The van der Waals surface area contributed by atoms with E-state index in [9.17, 15) is 14.0 Å². The molecule has 38 heavy (non-hydrogen) atoms. The fourth-order valence-electron chi connectivity index (χ4n) is 4.72. The molecule has 0 radical (unpaired) electrons. The van der Waals surface area contributed by atoms with Gasteiger partial charge in [0.15, 0.2) is 6.61 Å². The van der Waals surface area contributed by atoms with Gasteiger partial charge in [0.25, 0.3) is 5.91 Å². The second kappa shape index (κ2) is 13.8. The molecule has 0 unspecified atom stereocenters. The van der Waals surface area contributed by atoms with Crippen LogP contribution in [0.3, 0.4) is 0 Å². The lowest BCUT2D eigenvalue weighted by molar-refractivity contribution is -0.143. The van der Waals surface area contributed by atoms with Gasteiger partial charge in [0.2, 0.25) is 5.91 Å². The molecule has 1 saturated carbocycles. The Morgan fingerprint density at radius 3 is 2.45 bits per heavy atom. The predicted octanol–water partition coefficient (Wildman–Crippen LogP) is 6.71. The Bertz CT molecular complexity index is 1240. The first-order valence-corrected chi connectivity index (χ1v) is 14.0. The summed E-state index contributed by atoms with van der Waals surface area (Å²) < 4.78 is 21.1. The first kappa shape index (κ1) is 28.1. The standard InChI is InChI=1S/C30H31BrClFN2O3/c31-25-18-23(32)15-16-28(25)38-20-29(36)35(19-22-11-7-8-14-26(22)33)27(17-21-9-3-1-4-10-21)30(37)34-24-12-5-2-6-13-24/h1,3-4,7-11,14-16,18,24,27H,2,5-6,12-13,17,19-20H2,(H,34,37)/t27-/m1/s1. The molecule has 1 aliphatic carbocycles. The highest BCUT2D eigenvalue weighted by atomic mass is 79.9. The van der Waals surface area contributed by atoms with Gasteiger partial charge in [-0.25, -0.2) is 4.39 Å². The zero-order valence-corrected chi connectivity index (χ0v) is 23.4. The summed E-state index contributed by atoms with van der Waals surface area (Å²) in [5.74, 6) is -0.648. The number of carbonyl (C=O) groups excluding carboxylic acids is 2. The molecule has 200 valence electrons. The van der Waals surface area contributed by atoms with Crippen LogP contribution in [0.25, 0.3) is 0 Å². The van der Waals surface area contributed by atoms with Crippen molar-refractivity contribution in [1.29, 1.82) is 0 Å². The van der Waals surface area contributed by atoms with Crippen LogP contribution in [-0.4, -0.2) is 35.4 Å². The minimum Gasteiger partial charge on any atom is -0.483 e. The van der Waals surface area contributed by atoms with Crippen molar-refractivity contribution in [3.63, 3.8) is 0 Å². The minimum atomic E-state index is -0.844. The van der Waals surface area contributed by atoms with E-state index in [-0.39, 0.29) is 25.1 Å². The van der Waals surface area contributed by atoms with E-state index in [4.69, 9.17) is 16.3 Å². The number of hydrogen-bond donors (Lipinski definition) is 1. The Hall–Kier alpha value is -2.90. The van der Waals surface area contributed by atoms with Crippen LogP contribution in [0.5, 0.6) is 5.75 Å². The van der Waals surface area contributed by atoms with E-state index in [1.54, 1.807) is 36.4 Å². The number of hydrogen-bond acceptors (Lipinski definition) is 3. The summed E-state index contributed by atoms with van der Waals surface area (Å²) >= 11 is 9.43. The van der Waals surface area contributed by atoms with Crippen LogP contribution in [0.2, 0.25) is 5.02 Å². The molecule has 0 heterocycles. The maximum atomic E-state index is 14.7. The number of nitrogens with zero attached hydrogens (tertiary/aromatic N) is 1. The largest absolute Gasteiger partial charge is 0.483 e. The number of nitrogens with one attached hydrogen (secondary N) is 1. The van der Waals surface area contributed by atoms with Crippen molar-refractivity contribution < 1.29 is 18.7 Å². The van der Waals surface area contributed by atoms with Crippen LogP contribution in [-0.2, 0) is 22.6 Å². The van der Waals surface area contributed by atoms with Gasteiger partial charge >= 0.3 is 0 Å². The molecule has 1 N–H and O–H groups in total. The third-order valence-corrected chi connectivity index (χ3v) is 7.62. The zero-order chi connectivity index (χ0) is 26.9. The molecule has 5 nitrogen and oxygen atoms in total. The molecule has 4 rings (SSSR count). The third kappa shape index (κ3) is 7.81. The average molecular weight is 602 g/mol. The highest BCUT2D eigenvalue weighted by Crippen LogP contribution is 2.28. The van der Waals surface area contributed by atoms with Gasteiger partial charge < -0.3 is 15.0 Å². The van der Waals surface area contributed by atoms with E-state index in [1.165, 1.54) is 11.0 Å². The Morgan fingerprint density at radius 1 is 1.03 bits per heavy atom. The molecule has 8 heteroatoms. The number of halogens is 3. The molecule has 1 fully saturated rings. The summed E-state index contributed by atoms with van der Waals surface area (Å²) in [6.45, 7) is -0.386. The third-order valence-electron chi connectivity index (χ3n) is 6.77. The van der Waals surface area contributed by atoms with E-state index >= 15 is 0 Å². The Kier molecular flexibility index (Phi) is 10.2. The summed E-state index contributed by atoms with van der Waals surface area (Å²) in [5, 5.41) is 3.70. The summed E-state index contributed by atoms with van der Waals surface area (Å²) in [7, 11) is 0. The van der Waals surface area contributed by atoms with Crippen molar-refractivity contribution >= 4 is 39.3 Å². The van der Waals surface area contributed by atoms with Crippen molar-refractivity contribution in [2.24, 2.45) is 0 Å². The van der Waals surface area contributed by atoms with Gasteiger partial charge in [0, 0.05) is 29.6 Å². The van der Waals surface area contributed by atoms with Crippen LogP contribution in [0.15, 0.2) is 77.3 Å². The van der Waals surface area contributed by atoms with Gasteiger partial charge in [-0.15, -0.1) is 0 Å². The van der Waals surface area contributed by atoms with Crippen LogP contribution in [0, 0.1) is 5.82 Å². The van der Waals surface area contributed by atoms with E-state index in [0.29, 0.717) is 27.2 Å². The zero-order valence-electron chi connectivity index (χ0n) is 21.0. The van der Waals surface area contributed by atoms with Gasteiger partial charge in [0.05, 0.1) is 4.47 Å². The van der Waals surface area contributed by atoms with E-state index in [0.717, 1.165) is 37.7 Å². The lowest BCUT2D eigenvalue weighted by Crippen LogP contribution is -2.53. The monoisotopic (exact) mass is 600 g/mol. The van der Waals surface area contributed by atoms with Crippen molar-refractivity contribution in [3.05, 3.63) is 99.2 Å². The minimum absolute atomic E-state index is 0.0633. The van der Waals surface area contributed by atoms with Crippen LogP contribution < -0.4 is 10.1 Å². The predicted molar refractivity (Wildman–Crippen MR) is 151 cm³/mol. The maximum Gasteiger partial charge on any atom is 0.261 e. The Labute approximate surface area is 236 Å². The fourth-order valence-corrected chi connectivity index (χ4v) is 5.52. The lowest BCUT2D eigenvalue weighted by atomic mass is 9.94. The highest BCUT2D eigenvalue weighted by molar-refractivity contribution is 9.10. The number of amides is 2. The fraction of sp³-hybridized carbons (Fsp3) is 0.333. The molecule has 1 atom stereocenters. The molecular weight excluding hydrogens is 571 g/mol. The van der Waals surface area contributed by atoms with Crippen LogP contribution in [0.4, 0.5) is 4.39 Å². The molecule has 0 spiro atoms. The Balaban J connectivity index is 1.62. The van der Waals surface area contributed by atoms with Crippen molar-refractivity contribution in [2.45, 2.75) is 57.2 Å². The van der Waals surface area contributed by atoms with Crippen LogP contribution >= 0.6 is 27.5 Å². The molecule has 0 aliphatic heterocycles. The molecule has 3 aromatic carbocycles.